The van der Waals surface area contributed by atoms with Crippen LogP contribution in [0.3, 0.4) is 0 Å². The average molecular weight is 372 g/mol. The molecule has 0 atom stereocenters. The van der Waals surface area contributed by atoms with Gasteiger partial charge in [-0.3, -0.25) is 9.69 Å². The van der Waals surface area contributed by atoms with Gasteiger partial charge >= 0.3 is 0 Å². The number of nitrogens with one attached hydrogen (secondary N) is 1. The summed E-state index contributed by atoms with van der Waals surface area (Å²) in [6.07, 6.45) is 0. The summed E-state index contributed by atoms with van der Waals surface area (Å²) in [5.74, 6) is 0.160. The fourth-order valence-corrected chi connectivity index (χ4v) is 4.13. The number of quaternary nitrogens is 1. The van der Waals surface area contributed by atoms with Crippen LogP contribution in [-0.4, -0.2) is 61.1 Å². The molecule has 3 aliphatic rings. The smallest absolute Gasteiger partial charge is 0.276 e. The number of hydrogen-bond acceptors (Lipinski definition) is 2. The number of piperazine rings is 3. The summed E-state index contributed by atoms with van der Waals surface area (Å²) >= 11 is 0. The Balaban J connectivity index is 0.00000196. The molecule has 0 aromatic heterocycles. The Bertz CT molecular complexity index is 661. The predicted molar refractivity (Wildman–Crippen MR) is 99.0 cm³/mol. The van der Waals surface area contributed by atoms with Crippen molar-refractivity contribution in [2.45, 2.75) is 6.04 Å². The first-order valence-corrected chi connectivity index (χ1v) is 9.21. The Kier molecular flexibility index (Phi) is 5.97. The van der Waals surface area contributed by atoms with Crippen LogP contribution >= 0.6 is 0 Å². The largest absolute Gasteiger partial charge is 1.00 e. The summed E-state index contributed by atoms with van der Waals surface area (Å²) in [6.45, 7) is 7.32. The molecular weight excluding hydrogens is 346 g/mol. The van der Waals surface area contributed by atoms with Gasteiger partial charge in [-0.05, 0) is 11.1 Å². The minimum atomic E-state index is -0.0841. The molecule has 3 saturated heterocycles. The van der Waals surface area contributed by atoms with E-state index in [-0.39, 0.29) is 24.4 Å². The van der Waals surface area contributed by atoms with Crippen molar-refractivity contribution in [1.82, 2.24) is 10.2 Å². The lowest BCUT2D eigenvalue weighted by molar-refractivity contribution is -0.933. The van der Waals surface area contributed by atoms with E-state index in [2.05, 4.69) is 34.5 Å². The van der Waals surface area contributed by atoms with Crippen molar-refractivity contribution >= 4 is 5.91 Å². The van der Waals surface area contributed by atoms with Gasteiger partial charge in [-0.25, -0.2) is 0 Å². The maximum absolute atomic E-state index is 12.9. The van der Waals surface area contributed by atoms with Gasteiger partial charge in [-0.1, -0.05) is 60.7 Å². The second-order valence-electron chi connectivity index (χ2n) is 7.33. The number of rotatable bonds is 5. The molecule has 3 heterocycles. The number of amides is 1. The first kappa shape index (κ1) is 18.9. The van der Waals surface area contributed by atoms with Gasteiger partial charge in [0.2, 0.25) is 0 Å². The third kappa shape index (κ3) is 4.09. The van der Waals surface area contributed by atoms with E-state index in [4.69, 9.17) is 0 Å². The van der Waals surface area contributed by atoms with Gasteiger partial charge in [0.1, 0.15) is 0 Å². The van der Waals surface area contributed by atoms with Gasteiger partial charge in [-0.2, -0.15) is 0 Å². The second kappa shape index (κ2) is 8.21. The standard InChI is InChI=1S/C21H25N3O.ClH/c25-20(17-24-14-11-23(12-15-24)13-16-24)22-21(18-7-3-1-4-8-18)19-9-5-2-6-10-19;/h1-10,21H,11-17H2;1H. The van der Waals surface area contributed by atoms with Crippen molar-refractivity contribution in [3.63, 3.8) is 0 Å². The molecule has 26 heavy (non-hydrogen) atoms. The summed E-state index contributed by atoms with van der Waals surface area (Å²) in [5.41, 5.74) is 2.26. The molecule has 3 aliphatic heterocycles. The molecule has 0 unspecified atom stereocenters. The van der Waals surface area contributed by atoms with Crippen LogP contribution in [0.4, 0.5) is 0 Å². The number of carbonyl (C=O) groups excluding carboxylic acids is 1. The highest BCUT2D eigenvalue weighted by Crippen LogP contribution is 2.23. The fourth-order valence-electron chi connectivity index (χ4n) is 4.13. The van der Waals surface area contributed by atoms with Crippen LogP contribution in [0.5, 0.6) is 0 Å². The number of halogens is 1. The number of carbonyl (C=O) groups is 1. The van der Waals surface area contributed by atoms with Crippen molar-refractivity contribution in [1.29, 1.82) is 0 Å². The van der Waals surface area contributed by atoms with Crippen LogP contribution in [0.15, 0.2) is 60.7 Å². The molecule has 5 heteroatoms. The number of hydrogen-bond donors (Lipinski definition) is 1. The third-order valence-corrected chi connectivity index (χ3v) is 5.72. The van der Waals surface area contributed by atoms with E-state index in [1.54, 1.807) is 0 Å². The van der Waals surface area contributed by atoms with Crippen LogP contribution in [0, 0.1) is 0 Å². The molecule has 3 fully saturated rings. The summed E-state index contributed by atoms with van der Waals surface area (Å²) < 4.78 is 0.957. The Morgan fingerprint density at radius 3 is 1.81 bits per heavy atom. The SMILES string of the molecule is O=C(C[N+]12CCN(CC1)CC2)NC(c1ccccc1)c1ccccc1.[Cl-]. The molecule has 0 saturated carbocycles. The van der Waals surface area contributed by atoms with Crippen LogP contribution in [0.25, 0.3) is 0 Å². The van der Waals surface area contributed by atoms with Crippen molar-refractivity contribution in [2.24, 2.45) is 0 Å². The van der Waals surface area contributed by atoms with Crippen molar-refractivity contribution in [3.8, 4) is 0 Å². The molecule has 1 N–H and O–H groups in total. The molecule has 0 spiro atoms. The Morgan fingerprint density at radius 2 is 1.35 bits per heavy atom. The fraction of sp³-hybridized carbons (Fsp3) is 0.381. The van der Waals surface area contributed by atoms with Gasteiger partial charge in [0, 0.05) is 19.6 Å². The number of benzene rings is 2. The van der Waals surface area contributed by atoms with Crippen molar-refractivity contribution in [3.05, 3.63) is 71.8 Å². The molecule has 2 aromatic rings. The Morgan fingerprint density at radius 1 is 0.885 bits per heavy atom. The minimum absolute atomic E-state index is 0. The lowest BCUT2D eigenvalue weighted by Crippen LogP contribution is -3.00. The predicted octanol–water partition coefficient (Wildman–Crippen LogP) is -0.958. The maximum Gasteiger partial charge on any atom is 0.276 e. The lowest BCUT2D eigenvalue weighted by atomic mass is 9.98. The van der Waals surface area contributed by atoms with Crippen LogP contribution in [0.2, 0.25) is 0 Å². The number of fused-ring (bicyclic) bond motifs is 3. The average Bonchev–Trinajstić information content (AvgIpc) is 2.68. The van der Waals surface area contributed by atoms with Gasteiger partial charge in [0.25, 0.3) is 5.91 Å². The first-order chi connectivity index (χ1) is 12.2. The molecule has 0 aliphatic carbocycles. The van der Waals surface area contributed by atoms with E-state index in [9.17, 15) is 4.79 Å². The summed E-state index contributed by atoms with van der Waals surface area (Å²) in [7, 11) is 0. The van der Waals surface area contributed by atoms with E-state index in [1.807, 2.05) is 36.4 Å². The summed E-state index contributed by atoms with van der Waals surface area (Å²) in [4.78, 5) is 15.4. The summed E-state index contributed by atoms with van der Waals surface area (Å²) in [5, 5.41) is 3.31. The monoisotopic (exact) mass is 371 g/mol. The Labute approximate surface area is 161 Å². The van der Waals surface area contributed by atoms with Gasteiger partial charge in [-0.15, -0.1) is 0 Å². The normalized spacial score (nSPS) is 24.1. The van der Waals surface area contributed by atoms with E-state index in [0.29, 0.717) is 6.54 Å². The molecule has 2 bridgehead atoms. The topological polar surface area (TPSA) is 32.3 Å². The first-order valence-electron chi connectivity index (χ1n) is 9.21. The zero-order valence-electron chi connectivity index (χ0n) is 15.0. The number of nitrogens with zero attached hydrogens (tertiary/aromatic N) is 2. The zero-order chi connectivity index (χ0) is 17.1. The van der Waals surface area contributed by atoms with Crippen LogP contribution in [-0.2, 0) is 4.79 Å². The molecule has 138 valence electrons. The van der Waals surface area contributed by atoms with Crippen LogP contribution < -0.4 is 17.7 Å². The maximum atomic E-state index is 12.9. The second-order valence-corrected chi connectivity index (χ2v) is 7.33. The Hall–Kier alpha value is -1.88. The summed E-state index contributed by atoms with van der Waals surface area (Å²) in [6, 6.07) is 20.4. The van der Waals surface area contributed by atoms with E-state index in [0.717, 1.165) is 54.9 Å². The van der Waals surface area contributed by atoms with Gasteiger partial charge < -0.3 is 22.2 Å². The highest BCUT2D eigenvalue weighted by molar-refractivity contribution is 5.78. The highest BCUT2D eigenvalue weighted by Gasteiger charge is 2.40. The van der Waals surface area contributed by atoms with E-state index >= 15 is 0 Å². The zero-order valence-corrected chi connectivity index (χ0v) is 15.7. The highest BCUT2D eigenvalue weighted by atomic mass is 35.5. The molecule has 1 amide bonds. The van der Waals surface area contributed by atoms with E-state index in [1.165, 1.54) is 0 Å². The molecule has 4 nitrogen and oxygen atoms in total. The minimum Gasteiger partial charge on any atom is -1.00 e. The molecule has 2 aromatic carbocycles. The molecular formula is C21H26ClN3O. The van der Waals surface area contributed by atoms with Crippen molar-refractivity contribution in [2.75, 3.05) is 45.8 Å². The molecule has 0 radical (unpaired) electrons. The van der Waals surface area contributed by atoms with Gasteiger partial charge in [0.05, 0.1) is 25.7 Å². The lowest BCUT2D eigenvalue weighted by Gasteiger charge is -2.50. The van der Waals surface area contributed by atoms with Crippen molar-refractivity contribution < 1.29 is 21.7 Å². The van der Waals surface area contributed by atoms with Crippen LogP contribution in [0.1, 0.15) is 17.2 Å². The van der Waals surface area contributed by atoms with Gasteiger partial charge in [0.15, 0.2) is 6.54 Å². The molecule has 5 rings (SSSR count). The van der Waals surface area contributed by atoms with E-state index < -0.39 is 0 Å². The third-order valence-electron chi connectivity index (χ3n) is 5.72. The quantitative estimate of drug-likeness (QED) is 0.687.